The van der Waals surface area contributed by atoms with Crippen LogP contribution in [0.1, 0.15) is 35.3 Å². The Balaban J connectivity index is 1.60. The molecule has 0 aliphatic heterocycles. The third kappa shape index (κ3) is 5.07. The Kier molecular flexibility index (Phi) is 6.20. The van der Waals surface area contributed by atoms with Crippen molar-refractivity contribution >= 4 is 23.0 Å². The predicted molar refractivity (Wildman–Crippen MR) is 110 cm³/mol. The lowest BCUT2D eigenvalue weighted by molar-refractivity contribution is 0.0955. The van der Waals surface area contributed by atoms with E-state index in [1.807, 2.05) is 38.1 Å². The molecule has 0 saturated heterocycles. The van der Waals surface area contributed by atoms with Crippen LogP contribution in [-0.2, 0) is 0 Å². The van der Waals surface area contributed by atoms with Gasteiger partial charge in [-0.2, -0.15) is 10.2 Å². The third-order valence-corrected chi connectivity index (χ3v) is 3.98. The van der Waals surface area contributed by atoms with Crippen molar-refractivity contribution in [2.75, 3.05) is 5.43 Å². The molecule has 28 heavy (non-hydrogen) atoms. The number of nitrogens with zero attached hydrogens (tertiary/aromatic N) is 4. The molecule has 0 bridgehead atoms. The van der Waals surface area contributed by atoms with Gasteiger partial charge in [-0.3, -0.25) is 20.2 Å². The molecule has 1 amide bonds. The van der Waals surface area contributed by atoms with Crippen LogP contribution in [0.4, 0.5) is 5.69 Å². The predicted octanol–water partition coefficient (Wildman–Crippen LogP) is 3.47. The Bertz CT molecular complexity index is 982. The molecule has 7 heteroatoms. The lowest BCUT2D eigenvalue weighted by Gasteiger charge is -2.05. The molecular weight excluding hydrogens is 352 g/mol. The van der Waals surface area contributed by atoms with Crippen molar-refractivity contribution in [3.05, 3.63) is 90.0 Å². The van der Waals surface area contributed by atoms with E-state index in [0.29, 0.717) is 11.3 Å². The van der Waals surface area contributed by atoms with Crippen molar-refractivity contribution in [3.63, 3.8) is 0 Å². The monoisotopic (exact) mass is 372 g/mol. The summed E-state index contributed by atoms with van der Waals surface area (Å²) >= 11 is 0. The number of carbonyl (C=O) groups is 1. The number of benzene rings is 1. The van der Waals surface area contributed by atoms with Crippen molar-refractivity contribution in [3.8, 4) is 0 Å². The number of hydrogen-bond acceptors (Lipinski definition) is 6. The number of anilines is 1. The van der Waals surface area contributed by atoms with Crippen LogP contribution in [-0.4, -0.2) is 27.3 Å². The van der Waals surface area contributed by atoms with Gasteiger partial charge in [-0.05, 0) is 50.2 Å². The van der Waals surface area contributed by atoms with E-state index >= 15 is 0 Å². The molecule has 0 aliphatic rings. The van der Waals surface area contributed by atoms with Crippen LogP contribution in [0.2, 0.25) is 0 Å². The second-order valence-electron chi connectivity index (χ2n) is 6.01. The van der Waals surface area contributed by atoms with Gasteiger partial charge < -0.3 is 0 Å². The second kappa shape index (κ2) is 9.18. The van der Waals surface area contributed by atoms with Gasteiger partial charge in [0.2, 0.25) is 0 Å². The van der Waals surface area contributed by atoms with Gasteiger partial charge >= 0.3 is 0 Å². The van der Waals surface area contributed by atoms with Gasteiger partial charge in [-0.25, -0.2) is 5.43 Å². The molecule has 0 spiro atoms. The molecule has 140 valence electrons. The summed E-state index contributed by atoms with van der Waals surface area (Å²) in [5.41, 5.74) is 10.1. The maximum atomic E-state index is 12.3. The molecule has 0 fully saturated rings. The molecule has 0 aliphatic carbocycles. The summed E-state index contributed by atoms with van der Waals surface area (Å²) in [5.74, 6) is -0.287. The van der Waals surface area contributed by atoms with E-state index in [2.05, 4.69) is 31.0 Å². The normalized spacial score (nSPS) is 11.8. The average molecular weight is 372 g/mol. The lowest BCUT2D eigenvalue weighted by Crippen LogP contribution is -2.19. The van der Waals surface area contributed by atoms with Gasteiger partial charge in [0.15, 0.2) is 0 Å². The third-order valence-electron chi connectivity index (χ3n) is 3.98. The average Bonchev–Trinajstić information content (AvgIpc) is 2.77. The van der Waals surface area contributed by atoms with E-state index in [4.69, 9.17) is 0 Å². The van der Waals surface area contributed by atoms with Crippen molar-refractivity contribution in [2.24, 2.45) is 10.2 Å². The first-order valence-electron chi connectivity index (χ1n) is 8.69. The minimum Gasteiger partial charge on any atom is -0.278 e. The van der Waals surface area contributed by atoms with Gasteiger partial charge in [0.1, 0.15) is 0 Å². The van der Waals surface area contributed by atoms with Gasteiger partial charge in [0.05, 0.1) is 17.1 Å². The summed E-state index contributed by atoms with van der Waals surface area (Å²) in [4.78, 5) is 20.4. The van der Waals surface area contributed by atoms with Crippen LogP contribution >= 0.6 is 0 Å². The molecule has 0 radical (unpaired) electrons. The summed E-state index contributed by atoms with van der Waals surface area (Å²) in [5, 5.41) is 8.45. The van der Waals surface area contributed by atoms with Crippen LogP contribution in [0.25, 0.3) is 0 Å². The first-order valence-corrected chi connectivity index (χ1v) is 8.69. The number of hydrogen-bond donors (Lipinski definition) is 2. The fourth-order valence-corrected chi connectivity index (χ4v) is 2.33. The second-order valence-corrected chi connectivity index (χ2v) is 6.01. The minimum atomic E-state index is -0.287. The highest BCUT2D eigenvalue weighted by atomic mass is 16.2. The van der Waals surface area contributed by atoms with Crippen molar-refractivity contribution in [2.45, 2.75) is 13.8 Å². The van der Waals surface area contributed by atoms with E-state index in [1.165, 1.54) is 0 Å². The van der Waals surface area contributed by atoms with Crippen molar-refractivity contribution in [1.82, 2.24) is 15.4 Å². The SMILES string of the molecule is C/C(=N/NC(=O)c1ccc(N/N=C(/C)c2cccnc2)cc1)c1cccnc1. The highest BCUT2D eigenvalue weighted by molar-refractivity contribution is 6.01. The summed E-state index contributed by atoms with van der Waals surface area (Å²) in [6.45, 7) is 3.71. The maximum absolute atomic E-state index is 12.3. The Morgan fingerprint density at radius 2 is 1.36 bits per heavy atom. The Morgan fingerprint density at radius 3 is 1.89 bits per heavy atom. The van der Waals surface area contributed by atoms with Crippen LogP contribution in [0.3, 0.4) is 0 Å². The van der Waals surface area contributed by atoms with Crippen molar-refractivity contribution < 1.29 is 4.79 Å². The highest BCUT2D eigenvalue weighted by Crippen LogP contribution is 2.10. The number of hydrazone groups is 2. The van der Waals surface area contributed by atoms with E-state index in [-0.39, 0.29) is 5.91 Å². The smallest absolute Gasteiger partial charge is 0.271 e. The standard InChI is InChI=1S/C21H20N6O/c1-15(18-5-3-11-22-13-18)24-26-20-9-7-17(8-10-20)21(28)27-25-16(2)19-6-4-12-23-14-19/h3-14,26H,1-2H3,(H,27,28)/b24-15-,25-16-. The van der Waals surface area contributed by atoms with E-state index in [1.54, 1.807) is 49.1 Å². The zero-order chi connectivity index (χ0) is 19.8. The van der Waals surface area contributed by atoms with Gasteiger partial charge in [-0.15, -0.1) is 0 Å². The maximum Gasteiger partial charge on any atom is 0.271 e. The van der Waals surface area contributed by atoms with Crippen LogP contribution in [0.5, 0.6) is 0 Å². The first-order chi connectivity index (χ1) is 13.6. The molecule has 2 heterocycles. The van der Waals surface area contributed by atoms with Gasteiger partial charge in [0.25, 0.3) is 5.91 Å². The zero-order valence-electron chi connectivity index (χ0n) is 15.6. The van der Waals surface area contributed by atoms with Crippen LogP contribution < -0.4 is 10.9 Å². The quantitative estimate of drug-likeness (QED) is 0.512. The van der Waals surface area contributed by atoms with Crippen LogP contribution in [0, 0.1) is 0 Å². The zero-order valence-corrected chi connectivity index (χ0v) is 15.6. The number of amides is 1. The molecule has 1 aromatic carbocycles. The summed E-state index contributed by atoms with van der Waals surface area (Å²) in [6.07, 6.45) is 6.85. The minimum absolute atomic E-state index is 0.287. The number of pyridine rings is 2. The number of rotatable bonds is 6. The van der Waals surface area contributed by atoms with Crippen molar-refractivity contribution in [1.29, 1.82) is 0 Å². The van der Waals surface area contributed by atoms with Gasteiger partial charge in [-0.1, -0.05) is 12.1 Å². The molecule has 0 saturated carbocycles. The van der Waals surface area contributed by atoms with E-state index in [0.717, 1.165) is 22.5 Å². The fraction of sp³-hybridized carbons (Fsp3) is 0.0952. The molecule has 0 unspecified atom stereocenters. The summed E-state index contributed by atoms with van der Waals surface area (Å²) in [7, 11) is 0. The summed E-state index contributed by atoms with van der Waals surface area (Å²) < 4.78 is 0. The Hall–Kier alpha value is -3.87. The van der Waals surface area contributed by atoms with Gasteiger partial charge in [0, 0.05) is 41.5 Å². The topological polar surface area (TPSA) is 91.6 Å². The molecular formula is C21H20N6O. The molecule has 3 rings (SSSR count). The van der Waals surface area contributed by atoms with E-state index in [9.17, 15) is 4.79 Å². The first kappa shape index (κ1) is 18.9. The largest absolute Gasteiger partial charge is 0.278 e. The fourth-order valence-electron chi connectivity index (χ4n) is 2.33. The number of aromatic nitrogens is 2. The van der Waals surface area contributed by atoms with E-state index < -0.39 is 0 Å². The summed E-state index contributed by atoms with van der Waals surface area (Å²) in [6, 6.07) is 14.5. The Labute approximate surface area is 163 Å². The van der Waals surface area contributed by atoms with Crippen LogP contribution in [0.15, 0.2) is 83.5 Å². The highest BCUT2D eigenvalue weighted by Gasteiger charge is 2.05. The molecule has 3 aromatic rings. The Morgan fingerprint density at radius 1 is 0.786 bits per heavy atom. The lowest BCUT2D eigenvalue weighted by atomic mass is 10.2. The molecule has 7 nitrogen and oxygen atoms in total. The molecule has 0 atom stereocenters. The molecule has 2 aromatic heterocycles. The number of carbonyl (C=O) groups excluding carboxylic acids is 1. The molecule has 2 N–H and O–H groups in total. The number of nitrogens with one attached hydrogen (secondary N) is 2.